The van der Waals surface area contributed by atoms with Crippen LogP contribution < -0.4 is 35.3 Å². The van der Waals surface area contributed by atoms with Crippen LogP contribution in [-0.4, -0.2) is 44.8 Å². The molecule has 4 rings (SSSR count). The fourth-order valence-electron chi connectivity index (χ4n) is 3.97. The number of aliphatic imine (C=N–C) groups is 1. The molecule has 0 saturated heterocycles. The molecule has 2 amide bonds. The summed E-state index contributed by atoms with van der Waals surface area (Å²) in [6.45, 7) is 0.454. The molecule has 198 valence electrons. The van der Waals surface area contributed by atoms with Crippen LogP contribution in [0.15, 0.2) is 71.7 Å². The highest BCUT2D eigenvalue weighted by molar-refractivity contribution is 5.95. The second-order valence-corrected chi connectivity index (χ2v) is 8.55. The Morgan fingerprint density at radius 3 is 2.42 bits per heavy atom. The zero-order valence-corrected chi connectivity index (χ0v) is 21.2. The lowest BCUT2D eigenvalue weighted by Gasteiger charge is -2.19. The van der Waals surface area contributed by atoms with E-state index in [9.17, 15) is 9.59 Å². The first-order valence-corrected chi connectivity index (χ1v) is 12.0. The van der Waals surface area contributed by atoms with Crippen molar-refractivity contribution in [2.45, 2.75) is 25.4 Å². The molecule has 0 saturated carbocycles. The highest BCUT2D eigenvalue weighted by atomic mass is 16.7. The summed E-state index contributed by atoms with van der Waals surface area (Å²) in [5.74, 6) is 1.47. The molecule has 3 aromatic carbocycles. The zero-order valence-electron chi connectivity index (χ0n) is 21.2. The van der Waals surface area contributed by atoms with Gasteiger partial charge in [0.15, 0.2) is 29.0 Å². The van der Waals surface area contributed by atoms with Gasteiger partial charge in [0.25, 0.3) is 5.91 Å². The molecule has 10 heteroatoms. The van der Waals surface area contributed by atoms with E-state index >= 15 is 0 Å². The van der Waals surface area contributed by atoms with Gasteiger partial charge >= 0.3 is 0 Å². The molecular weight excluding hydrogens is 488 g/mol. The Morgan fingerprint density at radius 2 is 1.66 bits per heavy atom. The average molecular weight is 519 g/mol. The molecule has 1 aliphatic rings. The van der Waals surface area contributed by atoms with Crippen molar-refractivity contribution in [3.63, 3.8) is 0 Å². The number of carbonyl (C=O) groups excluding carboxylic acids is 2. The molecule has 38 heavy (non-hydrogen) atoms. The molecule has 0 bridgehead atoms. The van der Waals surface area contributed by atoms with Crippen molar-refractivity contribution in [2.24, 2.45) is 10.7 Å². The van der Waals surface area contributed by atoms with Crippen LogP contribution >= 0.6 is 0 Å². The molecule has 1 unspecified atom stereocenters. The van der Waals surface area contributed by atoms with Gasteiger partial charge in [-0.1, -0.05) is 42.5 Å². The number of nitrogens with one attached hydrogen (secondary N) is 2. The fraction of sp³-hybridized carbons (Fsp3) is 0.250. The number of ether oxygens (including phenoxy) is 4. The highest BCUT2D eigenvalue weighted by Crippen LogP contribution is 2.32. The van der Waals surface area contributed by atoms with E-state index in [-0.39, 0.29) is 31.6 Å². The smallest absolute Gasteiger partial charge is 0.253 e. The number of carbonyl (C=O) groups is 2. The lowest BCUT2D eigenvalue weighted by molar-refractivity contribution is -0.123. The predicted octanol–water partition coefficient (Wildman–Crippen LogP) is 2.33. The predicted molar refractivity (Wildman–Crippen MR) is 141 cm³/mol. The van der Waals surface area contributed by atoms with Gasteiger partial charge in [-0.3, -0.25) is 9.59 Å². The summed E-state index contributed by atoms with van der Waals surface area (Å²) in [4.78, 5) is 29.7. The molecule has 0 fully saturated rings. The van der Waals surface area contributed by atoms with Gasteiger partial charge in [0.1, 0.15) is 6.04 Å². The number of fused-ring (bicyclic) bond motifs is 1. The minimum Gasteiger partial charge on any atom is -0.493 e. The van der Waals surface area contributed by atoms with E-state index in [1.165, 1.54) is 14.2 Å². The van der Waals surface area contributed by atoms with Gasteiger partial charge in [-0.2, -0.15) is 4.99 Å². The maximum atomic E-state index is 13.1. The van der Waals surface area contributed by atoms with Crippen LogP contribution in [0.1, 0.15) is 16.7 Å². The standard InChI is InChI=1S/C28H30N4O6/c1-35-22-10-8-19(13-24(22)36-2)15-26(33)32-28(29)31-21(12-18-6-4-3-5-7-18)27(34)30-16-20-9-11-23-25(14-20)38-17-37-23/h3-11,13-14,21H,12,15-17H2,1-2H3,(H,30,34)(H3,29,31,32,33). The summed E-state index contributed by atoms with van der Waals surface area (Å²) in [7, 11) is 3.06. The molecule has 0 aliphatic carbocycles. The first kappa shape index (κ1) is 26.3. The summed E-state index contributed by atoms with van der Waals surface area (Å²) in [6.07, 6.45) is 0.344. The van der Waals surface area contributed by atoms with Crippen molar-refractivity contribution in [3.8, 4) is 23.0 Å². The van der Waals surface area contributed by atoms with E-state index in [2.05, 4.69) is 15.6 Å². The maximum absolute atomic E-state index is 13.1. The number of benzene rings is 3. The van der Waals surface area contributed by atoms with Gasteiger partial charge in [0.2, 0.25) is 12.7 Å². The van der Waals surface area contributed by atoms with Gasteiger partial charge in [-0.15, -0.1) is 0 Å². The second kappa shape index (κ2) is 12.5. The molecule has 10 nitrogen and oxygen atoms in total. The lowest BCUT2D eigenvalue weighted by Crippen LogP contribution is -2.50. The Balaban J connectivity index is 1.42. The van der Waals surface area contributed by atoms with Crippen LogP contribution in [0.4, 0.5) is 0 Å². The summed E-state index contributed by atoms with van der Waals surface area (Å²) in [6, 6.07) is 19.4. The Morgan fingerprint density at radius 1 is 0.921 bits per heavy atom. The highest BCUT2D eigenvalue weighted by Gasteiger charge is 2.21. The van der Waals surface area contributed by atoms with Gasteiger partial charge in [-0.25, -0.2) is 0 Å². The summed E-state index contributed by atoms with van der Waals surface area (Å²) < 4.78 is 21.2. The van der Waals surface area contributed by atoms with Crippen LogP contribution in [0.5, 0.6) is 23.0 Å². The Labute approximate surface area is 220 Å². The quantitative estimate of drug-likeness (QED) is 0.275. The van der Waals surface area contributed by atoms with Gasteiger partial charge in [0.05, 0.1) is 20.6 Å². The van der Waals surface area contributed by atoms with Gasteiger partial charge in [0, 0.05) is 13.0 Å². The van der Waals surface area contributed by atoms with Crippen molar-refractivity contribution >= 4 is 17.8 Å². The topological polar surface area (TPSA) is 134 Å². The van der Waals surface area contributed by atoms with Crippen LogP contribution in [-0.2, 0) is 29.0 Å². The molecule has 4 N–H and O–H groups in total. The van der Waals surface area contributed by atoms with E-state index < -0.39 is 11.9 Å². The minimum atomic E-state index is -0.760. The number of hydrogen-bond acceptors (Lipinski definition) is 6. The number of amides is 2. The number of rotatable bonds is 10. The SMILES string of the molecule is COc1ccc(CC(=O)N=C(N)NC(Cc2ccccc2)C(=O)NCc2ccc3c(c2)OCO3)cc1OC. The number of methoxy groups -OCH3 is 2. The molecule has 0 spiro atoms. The minimum absolute atomic E-state index is 0.00238. The largest absolute Gasteiger partial charge is 0.493 e. The molecular formula is C28H30N4O6. The molecule has 1 heterocycles. The van der Waals surface area contributed by atoms with E-state index in [0.717, 1.165) is 11.1 Å². The van der Waals surface area contributed by atoms with Crippen molar-refractivity contribution in [2.75, 3.05) is 21.0 Å². The third-order valence-corrected chi connectivity index (χ3v) is 5.87. The number of nitrogens with two attached hydrogens (primary N) is 1. The maximum Gasteiger partial charge on any atom is 0.253 e. The summed E-state index contributed by atoms with van der Waals surface area (Å²) in [5.41, 5.74) is 8.52. The summed E-state index contributed by atoms with van der Waals surface area (Å²) in [5, 5.41) is 5.82. The number of nitrogens with zero attached hydrogens (tertiary/aromatic N) is 1. The molecule has 0 aromatic heterocycles. The van der Waals surface area contributed by atoms with Crippen molar-refractivity contribution < 1.29 is 28.5 Å². The first-order chi connectivity index (χ1) is 18.4. The third kappa shape index (κ3) is 6.94. The van der Waals surface area contributed by atoms with Crippen LogP contribution in [0.2, 0.25) is 0 Å². The molecule has 0 radical (unpaired) electrons. The van der Waals surface area contributed by atoms with E-state index in [0.29, 0.717) is 35.0 Å². The summed E-state index contributed by atoms with van der Waals surface area (Å²) >= 11 is 0. The molecule has 1 aliphatic heterocycles. The zero-order chi connectivity index (χ0) is 26.9. The van der Waals surface area contributed by atoms with Crippen molar-refractivity contribution in [3.05, 3.63) is 83.4 Å². The van der Waals surface area contributed by atoms with Crippen molar-refractivity contribution in [1.29, 1.82) is 0 Å². The Kier molecular flexibility index (Phi) is 8.65. The Bertz CT molecular complexity index is 1310. The van der Waals surface area contributed by atoms with E-state index in [1.807, 2.05) is 42.5 Å². The number of guanidine groups is 1. The van der Waals surface area contributed by atoms with Gasteiger partial charge in [-0.05, 0) is 41.0 Å². The van der Waals surface area contributed by atoms with Crippen molar-refractivity contribution in [1.82, 2.24) is 10.6 Å². The first-order valence-electron chi connectivity index (χ1n) is 12.0. The second-order valence-electron chi connectivity index (χ2n) is 8.55. The normalized spacial score (nSPS) is 12.9. The molecule has 3 aromatic rings. The fourth-order valence-corrected chi connectivity index (χ4v) is 3.97. The van der Waals surface area contributed by atoms with E-state index in [1.54, 1.807) is 24.3 Å². The molecule has 1 atom stereocenters. The van der Waals surface area contributed by atoms with Crippen LogP contribution in [0.3, 0.4) is 0 Å². The lowest BCUT2D eigenvalue weighted by atomic mass is 10.1. The third-order valence-electron chi connectivity index (χ3n) is 5.87. The Hall–Kier alpha value is -4.73. The van der Waals surface area contributed by atoms with E-state index in [4.69, 9.17) is 24.7 Å². The van der Waals surface area contributed by atoms with Crippen LogP contribution in [0.25, 0.3) is 0 Å². The van der Waals surface area contributed by atoms with Gasteiger partial charge < -0.3 is 35.3 Å². The average Bonchev–Trinajstić information content (AvgIpc) is 3.39. The number of hydrogen-bond donors (Lipinski definition) is 3. The monoisotopic (exact) mass is 518 g/mol. The van der Waals surface area contributed by atoms with Crippen LogP contribution in [0, 0.1) is 0 Å².